The van der Waals surface area contributed by atoms with Gasteiger partial charge in [0.05, 0.1) is 13.2 Å². The van der Waals surface area contributed by atoms with Gasteiger partial charge < -0.3 is 9.64 Å². The van der Waals surface area contributed by atoms with Crippen molar-refractivity contribution in [2.45, 2.75) is 25.7 Å². The Morgan fingerprint density at radius 1 is 0.957 bits per heavy atom. The monoisotopic (exact) mass is 373 g/mol. The van der Waals surface area contributed by atoms with Gasteiger partial charge in [-0.25, -0.2) is 9.97 Å². The third-order valence-corrected chi connectivity index (χ3v) is 5.10. The van der Waals surface area contributed by atoms with Crippen LogP contribution < -0.4 is 4.90 Å². The molecule has 1 aromatic heterocycles. The van der Waals surface area contributed by atoms with Crippen molar-refractivity contribution in [3.05, 3.63) is 40.0 Å². The van der Waals surface area contributed by atoms with Gasteiger partial charge in [0.15, 0.2) is 5.82 Å². The highest BCUT2D eigenvalue weighted by Crippen LogP contribution is 2.31. The Morgan fingerprint density at radius 3 is 2.48 bits per heavy atom. The Bertz CT molecular complexity index is 696. The number of aromatic nitrogens is 2. The zero-order valence-electron chi connectivity index (χ0n) is 13.1. The Morgan fingerprint density at radius 2 is 1.70 bits per heavy atom. The first-order chi connectivity index (χ1) is 11.3. The molecule has 1 aliphatic heterocycles. The standard InChI is InChI=1S/C18H20BrN3O/c19-14-7-5-13(6-8-14)17-20-16-4-2-1-3-15(16)18(21-17)22-9-11-23-12-10-22/h5-8H,1-4,9-12H2. The van der Waals surface area contributed by atoms with E-state index in [0.29, 0.717) is 0 Å². The summed E-state index contributed by atoms with van der Waals surface area (Å²) in [6.45, 7) is 3.41. The number of benzene rings is 1. The lowest BCUT2D eigenvalue weighted by molar-refractivity contribution is 0.122. The highest BCUT2D eigenvalue weighted by molar-refractivity contribution is 9.10. The van der Waals surface area contributed by atoms with E-state index < -0.39 is 0 Å². The summed E-state index contributed by atoms with van der Waals surface area (Å²) < 4.78 is 6.58. The van der Waals surface area contributed by atoms with Crippen molar-refractivity contribution in [3.63, 3.8) is 0 Å². The number of halogens is 1. The normalized spacial score (nSPS) is 17.9. The van der Waals surface area contributed by atoms with Crippen LogP contribution in [0.3, 0.4) is 0 Å². The molecule has 0 atom stereocenters. The maximum Gasteiger partial charge on any atom is 0.161 e. The molecule has 23 heavy (non-hydrogen) atoms. The van der Waals surface area contributed by atoms with Crippen LogP contribution in [0.1, 0.15) is 24.1 Å². The van der Waals surface area contributed by atoms with Crippen molar-refractivity contribution in [2.24, 2.45) is 0 Å². The van der Waals surface area contributed by atoms with Gasteiger partial charge >= 0.3 is 0 Å². The Balaban J connectivity index is 1.79. The molecular weight excluding hydrogens is 354 g/mol. The molecule has 0 unspecified atom stereocenters. The van der Waals surface area contributed by atoms with Gasteiger partial charge in [-0.3, -0.25) is 0 Å². The predicted octanol–water partition coefficient (Wildman–Crippen LogP) is 3.62. The topological polar surface area (TPSA) is 38.2 Å². The number of aryl methyl sites for hydroxylation is 1. The van der Waals surface area contributed by atoms with E-state index in [1.807, 2.05) is 12.1 Å². The minimum Gasteiger partial charge on any atom is -0.378 e. The first-order valence-corrected chi connectivity index (χ1v) is 9.09. The van der Waals surface area contributed by atoms with E-state index in [2.05, 4.69) is 33.0 Å². The van der Waals surface area contributed by atoms with E-state index >= 15 is 0 Å². The number of morpholine rings is 1. The fourth-order valence-corrected chi connectivity index (χ4v) is 3.60. The lowest BCUT2D eigenvalue weighted by Crippen LogP contribution is -2.38. The predicted molar refractivity (Wildman–Crippen MR) is 94.8 cm³/mol. The first kappa shape index (κ1) is 15.1. The van der Waals surface area contributed by atoms with E-state index in [-0.39, 0.29) is 0 Å². The fraction of sp³-hybridized carbons (Fsp3) is 0.444. The molecule has 2 aromatic rings. The molecule has 4 rings (SSSR count). The SMILES string of the molecule is Brc1ccc(-c2nc3c(c(N4CCOCC4)n2)CCCC3)cc1. The summed E-state index contributed by atoms with van der Waals surface area (Å²) >= 11 is 3.49. The maximum absolute atomic E-state index is 5.50. The minimum absolute atomic E-state index is 0.784. The molecule has 0 radical (unpaired) electrons. The number of ether oxygens (including phenoxy) is 1. The van der Waals surface area contributed by atoms with Crippen LogP contribution in [-0.2, 0) is 17.6 Å². The molecule has 4 nitrogen and oxygen atoms in total. The zero-order chi connectivity index (χ0) is 15.6. The number of anilines is 1. The van der Waals surface area contributed by atoms with E-state index in [1.165, 1.54) is 24.1 Å². The van der Waals surface area contributed by atoms with Crippen LogP contribution in [0.4, 0.5) is 5.82 Å². The third-order valence-electron chi connectivity index (χ3n) is 4.57. The lowest BCUT2D eigenvalue weighted by Gasteiger charge is -2.31. The summed E-state index contributed by atoms with van der Waals surface area (Å²) in [6, 6.07) is 8.26. The average Bonchev–Trinajstić information content (AvgIpc) is 2.62. The number of fused-ring (bicyclic) bond motifs is 1. The second-order valence-electron chi connectivity index (χ2n) is 6.11. The summed E-state index contributed by atoms with van der Waals surface area (Å²) in [5, 5.41) is 0. The average molecular weight is 374 g/mol. The van der Waals surface area contributed by atoms with Gasteiger partial charge in [-0.15, -0.1) is 0 Å². The molecule has 0 amide bonds. The van der Waals surface area contributed by atoms with Crippen LogP contribution in [-0.4, -0.2) is 36.3 Å². The molecule has 1 aliphatic carbocycles. The zero-order valence-corrected chi connectivity index (χ0v) is 14.7. The summed E-state index contributed by atoms with van der Waals surface area (Å²) in [5.41, 5.74) is 3.68. The van der Waals surface area contributed by atoms with Gasteiger partial charge in [0.25, 0.3) is 0 Å². The lowest BCUT2D eigenvalue weighted by atomic mass is 9.95. The number of nitrogens with zero attached hydrogens (tertiary/aromatic N) is 3. The minimum atomic E-state index is 0.784. The maximum atomic E-state index is 5.50. The number of rotatable bonds is 2. The van der Waals surface area contributed by atoms with E-state index in [0.717, 1.165) is 60.8 Å². The summed E-state index contributed by atoms with van der Waals surface area (Å²) in [4.78, 5) is 12.2. The molecule has 0 N–H and O–H groups in total. The molecule has 1 aromatic carbocycles. The van der Waals surface area contributed by atoms with Crippen LogP contribution >= 0.6 is 15.9 Å². The summed E-state index contributed by atoms with van der Waals surface area (Å²) in [6.07, 6.45) is 4.64. The number of hydrogen-bond acceptors (Lipinski definition) is 4. The van der Waals surface area contributed by atoms with Gasteiger partial charge in [-0.05, 0) is 37.8 Å². The highest BCUT2D eigenvalue weighted by atomic mass is 79.9. The van der Waals surface area contributed by atoms with Gasteiger partial charge in [-0.1, -0.05) is 28.1 Å². The van der Waals surface area contributed by atoms with Crippen LogP contribution in [0.5, 0.6) is 0 Å². The summed E-state index contributed by atoms with van der Waals surface area (Å²) in [7, 11) is 0. The Labute approximate surface area is 145 Å². The van der Waals surface area contributed by atoms with Gasteiger partial charge in [0, 0.05) is 34.4 Å². The molecule has 1 saturated heterocycles. The van der Waals surface area contributed by atoms with Gasteiger partial charge in [0.2, 0.25) is 0 Å². The number of hydrogen-bond donors (Lipinski definition) is 0. The quantitative estimate of drug-likeness (QED) is 0.805. The van der Waals surface area contributed by atoms with Crippen molar-refractivity contribution in [2.75, 3.05) is 31.2 Å². The van der Waals surface area contributed by atoms with Crippen LogP contribution in [0.25, 0.3) is 11.4 Å². The van der Waals surface area contributed by atoms with Gasteiger partial charge in [-0.2, -0.15) is 0 Å². The van der Waals surface area contributed by atoms with E-state index in [1.54, 1.807) is 0 Å². The molecule has 0 bridgehead atoms. The van der Waals surface area contributed by atoms with Crippen molar-refractivity contribution >= 4 is 21.7 Å². The van der Waals surface area contributed by atoms with Crippen molar-refractivity contribution in [1.82, 2.24) is 9.97 Å². The van der Waals surface area contributed by atoms with Crippen molar-refractivity contribution < 1.29 is 4.74 Å². The Kier molecular flexibility index (Phi) is 4.31. The molecule has 2 heterocycles. The third kappa shape index (κ3) is 3.12. The molecule has 0 spiro atoms. The largest absolute Gasteiger partial charge is 0.378 e. The van der Waals surface area contributed by atoms with Gasteiger partial charge in [0.1, 0.15) is 5.82 Å². The summed E-state index contributed by atoms with van der Waals surface area (Å²) in [5.74, 6) is 1.98. The smallest absolute Gasteiger partial charge is 0.161 e. The Hall–Kier alpha value is -1.46. The molecule has 2 aliphatic rings. The fourth-order valence-electron chi connectivity index (χ4n) is 3.34. The molecule has 0 saturated carbocycles. The molecule has 5 heteroatoms. The highest BCUT2D eigenvalue weighted by Gasteiger charge is 2.23. The second-order valence-corrected chi connectivity index (χ2v) is 7.03. The van der Waals surface area contributed by atoms with Crippen LogP contribution in [0, 0.1) is 0 Å². The van der Waals surface area contributed by atoms with E-state index in [9.17, 15) is 0 Å². The molecule has 120 valence electrons. The molecular formula is C18H20BrN3O. The van der Waals surface area contributed by atoms with Crippen molar-refractivity contribution in [1.29, 1.82) is 0 Å². The van der Waals surface area contributed by atoms with E-state index in [4.69, 9.17) is 14.7 Å². The van der Waals surface area contributed by atoms with Crippen molar-refractivity contribution in [3.8, 4) is 11.4 Å². The van der Waals surface area contributed by atoms with Crippen LogP contribution in [0.15, 0.2) is 28.7 Å². The second kappa shape index (κ2) is 6.57. The molecule has 1 fully saturated rings. The van der Waals surface area contributed by atoms with Crippen LogP contribution in [0.2, 0.25) is 0 Å². The first-order valence-electron chi connectivity index (χ1n) is 8.30.